The molecule has 0 spiro atoms. The lowest BCUT2D eigenvalue weighted by Gasteiger charge is -2.36. The van der Waals surface area contributed by atoms with Crippen molar-refractivity contribution in [2.24, 2.45) is 17.3 Å². The third-order valence-corrected chi connectivity index (χ3v) is 4.75. The Kier molecular flexibility index (Phi) is 5.39. The van der Waals surface area contributed by atoms with Crippen LogP contribution in [0.3, 0.4) is 0 Å². The van der Waals surface area contributed by atoms with Crippen LogP contribution in [0, 0.1) is 28.6 Å². The molecule has 1 nitrogen and oxygen atoms in total. The van der Waals surface area contributed by atoms with Crippen molar-refractivity contribution in [2.75, 3.05) is 5.75 Å². The van der Waals surface area contributed by atoms with Gasteiger partial charge >= 0.3 is 5.51 Å². The molecule has 0 amide bonds. The molecule has 1 rings (SSSR count). The van der Waals surface area contributed by atoms with E-state index in [9.17, 15) is 18.4 Å². The molecule has 0 aromatic carbocycles. The van der Waals surface area contributed by atoms with Crippen molar-refractivity contribution in [2.45, 2.75) is 51.5 Å². The van der Waals surface area contributed by atoms with Gasteiger partial charge < -0.3 is 0 Å². The lowest BCUT2D eigenvalue weighted by molar-refractivity contribution is -0.0329. The van der Waals surface area contributed by atoms with E-state index in [4.69, 9.17) is 0 Å². The highest BCUT2D eigenvalue weighted by Crippen LogP contribution is 2.44. The number of thioether (sulfide) groups is 1. The van der Waals surface area contributed by atoms with Crippen molar-refractivity contribution >= 4 is 11.8 Å². The van der Waals surface area contributed by atoms with Crippen molar-refractivity contribution in [1.82, 2.24) is 0 Å². The van der Waals surface area contributed by atoms with E-state index in [1.807, 2.05) is 0 Å². The van der Waals surface area contributed by atoms with Crippen LogP contribution in [0.5, 0.6) is 0 Å². The zero-order chi connectivity index (χ0) is 13.8. The van der Waals surface area contributed by atoms with Gasteiger partial charge in [0.25, 0.3) is 0 Å². The van der Waals surface area contributed by atoms with Crippen LogP contribution in [0.1, 0.15) is 46.0 Å². The van der Waals surface area contributed by atoms with Crippen LogP contribution in [0.4, 0.5) is 13.2 Å². The molecule has 0 atom stereocenters. The summed E-state index contributed by atoms with van der Waals surface area (Å²) in [7, 11) is 0. The van der Waals surface area contributed by atoms with Crippen molar-refractivity contribution in [3.05, 3.63) is 0 Å². The number of hydrogen-bond donors (Lipinski definition) is 0. The van der Waals surface area contributed by atoms with Gasteiger partial charge in [-0.2, -0.15) is 18.4 Å². The fourth-order valence-electron chi connectivity index (χ4n) is 2.64. The van der Waals surface area contributed by atoms with Crippen LogP contribution in [0.25, 0.3) is 0 Å². The molecular formula is C13H20F3NS. The van der Waals surface area contributed by atoms with Gasteiger partial charge in [-0.05, 0) is 43.9 Å². The second-order valence-electron chi connectivity index (χ2n) is 5.52. The smallest absolute Gasteiger partial charge is 0.198 e. The van der Waals surface area contributed by atoms with Crippen molar-refractivity contribution in [1.29, 1.82) is 5.26 Å². The Morgan fingerprint density at radius 1 is 1.33 bits per heavy atom. The van der Waals surface area contributed by atoms with Gasteiger partial charge in [-0.15, -0.1) is 0 Å². The van der Waals surface area contributed by atoms with Crippen LogP contribution in [-0.4, -0.2) is 11.3 Å². The molecule has 1 saturated carbocycles. The highest BCUT2D eigenvalue weighted by molar-refractivity contribution is 8.00. The van der Waals surface area contributed by atoms with Crippen molar-refractivity contribution in [3.8, 4) is 6.07 Å². The molecule has 0 aromatic rings. The third kappa shape index (κ3) is 4.72. The predicted molar refractivity (Wildman–Crippen MR) is 68.0 cm³/mol. The first-order valence-corrected chi connectivity index (χ1v) is 7.38. The fourth-order valence-corrected chi connectivity index (χ4v) is 3.36. The minimum absolute atomic E-state index is 0.00288. The van der Waals surface area contributed by atoms with E-state index in [-0.39, 0.29) is 17.5 Å². The molecule has 104 valence electrons. The molecule has 1 aliphatic carbocycles. The highest BCUT2D eigenvalue weighted by atomic mass is 32.2. The lowest BCUT2D eigenvalue weighted by atomic mass is 9.67. The fraction of sp³-hybridized carbons (Fsp3) is 0.923. The Morgan fingerprint density at radius 3 is 2.28 bits per heavy atom. The van der Waals surface area contributed by atoms with E-state index >= 15 is 0 Å². The largest absolute Gasteiger partial charge is 0.441 e. The second kappa shape index (κ2) is 6.18. The molecule has 0 heterocycles. The SMILES string of the molecule is CC(C)C1CCC(C#N)(CCSC(F)(F)F)CC1. The van der Waals surface area contributed by atoms with Gasteiger partial charge in [-0.25, -0.2) is 0 Å². The minimum Gasteiger partial charge on any atom is -0.198 e. The summed E-state index contributed by atoms with van der Waals surface area (Å²) in [5, 5.41) is 9.26. The van der Waals surface area contributed by atoms with Crippen molar-refractivity contribution in [3.63, 3.8) is 0 Å². The summed E-state index contributed by atoms with van der Waals surface area (Å²) in [6.45, 7) is 4.34. The monoisotopic (exact) mass is 279 g/mol. The topological polar surface area (TPSA) is 23.8 Å². The van der Waals surface area contributed by atoms with Crippen LogP contribution < -0.4 is 0 Å². The van der Waals surface area contributed by atoms with E-state index < -0.39 is 10.9 Å². The second-order valence-corrected chi connectivity index (χ2v) is 6.68. The average Bonchev–Trinajstić information content (AvgIpc) is 2.28. The van der Waals surface area contributed by atoms with Crippen molar-refractivity contribution < 1.29 is 13.2 Å². The zero-order valence-corrected chi connectivity index (χ0v) is 11.7. The number of nitrogens with zero attached hydrogens (tertiary/aromatic N) is 1. The first-order chi connectivity index (χ1) is 8.28. The van der Waals surface area contributed by atoms with Gasteiger partial charge in [0.2, 0.25) is 0 Å². The molecule has 0 aromatic heterocycles. The summed E-state index contributed by atoms with van der Waals surface area (Å²) >= 11 is -0.00288. The number of rotatable bonds is 4. The van der Waals surface area contributed by atoms with E-state index in [0.29, 0.717) is 18.3 Å². The summed E-state index contributed by atoms with van der Waals surface area (Å²) in [6.07, 6.45) is 3.82. The van der Waals surface area contributed by atoms with Crippen LogP contribution in [0.2, 0.25) is 0 Å². The minimum atomic E-state index is -4.17. The summed E-state index contributed by atoms with van der Waals surface area (Å²) in [4.78, 5) is 0. The predicted octanol–water partition coefficient (Wildman–Crippen LogP) is 4.99. The zero-order valence-electron chi connectivity index (χ0n) is 10.9. The summed E-state index contributed by atoms with van der Waals surface area (Å²) in [6, 6.07) is 2.28. The maximum absolute atomic E-state index is 12.1. The Labute approximate surface area is 111 Å². The molecule has 0 N–H and O–H groups in total. The van der Waals surface area contributed by atoms with Gasteiger partial charge in [0.05, 0.1) is 11.5 Å². The van der Waals surface area contributed by atoms with E-state index in [1.165, 1.54) is 0 Å². The van der Waals surface area contributed by atoms with Gasteiger partial charge in [-0.3, -0.25) is 0 Å². The van der Waals surface area contributed by atoms with Crippen LogP contribution in [-0.2, 0) is 0 Å². The molecule has 1 fully saturated rings. The van der Waals surface area contributed by atoms with Crippen LogP contribution in [0.15, 0.2) is 0 Å². The quantitative estimate of drug-likeness (QED) is 0.724. The Morgan fingerprint density at radius 2 is 1.89 bits per heavy atom. The first-order valence-electron chi connectivity index (χ1n) is 6.40. The molecule has 1 aliphatic rings. The molecule has 0 saturated heterocycles. The van der Waals surface area contributed by atoms with Gasteiger partial charge in [0, 0.05) is 5.75 Å². The Balaban J connectivity index is 2.44. The molecule has 0 bridgehead atoms. The number of hydrogen-bond acceptors (Lipinski definition) is 2. The maximum atomic E-state index is 12.1. The summed E-state index contributed by atoms with van der Waals surface area (Å²) in [5.74, 6) is 1.23. The molecule has 5 heteroatoms. The summed E-state index contributed by atoms with van der Waals surface area (Å²) < 4.78 is 36.3. The summed E-state index contributed by atoms with van der Waals surface area (Å²) in [5.41, 5.74) is -4.69. The Bertz CT molecular complexity index is 298. The molecule has 0 aliphatic heterocycles. The molecule has 0 radical (unpaired) electrons. The maximum Gasteiger partial charge on any atom is 0.441 e. The van der Waals surface area contributed by atoms with Gasteiger partial charge in [0.1, 0.15) is 0 Å². The van der Waals surface area contributed by atoms with Gasteiger partial charge in [-0.1, -0.05) is 25.6 Å². The normalized spacial score (nSPS) is 29.3. The van der Waals surface area contributed by atoms with Gasteiger partial charge in [0.15, 0.2) is 0 Å². The first kappa shape index (κ1) is 15.7. The Hall–Kier alpha value is -0.370. The molecule has 18 heavy (non-hydrogen) atoms. The average molecular weight is 279 g/mol. The van der Waals surface area contributed by atoms with E-state index in [1.54, 1.807) is 0 Å². The molecular weight excluding hydrogens is 259 g/mol. The van der Waals surface area contributed by atoms with Crippen LogP contribution >= 0.6 is 11.8 Å². The third-order valence-electron chi connectivity index (χ3n) is 4.01. The van der Waals surface area contributed by atoms with E-state index in [2.05, 4.69) is 19.9 Å². The highest BCUT2D eigenvalue weighted by Gasteiger charge is 2.37. The lowest BCUT2D eigenvalue weighted by Crippen LogP contribution is -2.29. The standard InChI is InChI=1S/C13H20F3NS/c1-10(2)11-3-5-12(9-17,6-4-11)7-8-18-13(14,15)16/h10-11H,3-8H2,1-2H3. The number of nitriles is 1. The number of alkyl halides is 3. The van der Waals surface area contributed by atoms with E-state index in [0.717, 1.165) is 25.7 Å². The molecule has 0 unspecified atom stereocenters. The number of halogens is 3.